The summed E-state index contributed by atoms with van der Waals surface area (Å²) in [7, 11) is 0. The SMILES string of the molecule is O=C(NCCc1ccncc1)c1coc(CN2CCN(Cc3ccccc3)CC2)n1. The number of carbonyl (C=O) groups excluding carboxylic acids is 1. The van der Waals surface area contributed by atoms with E-state index in [4.69, 9.17) is 4.42 Å². The first-order valence-corrected chi connectivity index (χ1v) is 10.4. The molecule has 0 radical (unpaired) electrons. The highest BCUT2D eigenvalue weighted by Crippen LogP contribution is 2.12. The molecule has 0 bridgehead atoms. The van der Waals surface area contributed by atoms with Crippen LogP contribution in [0.3, 0.4) is 0 Å². The lowest BCUT2D eigenvalue weighted by atomic mass is 10.2. The number of oxazole rings is 1. The molecule has 30 heavy (non-hydrogen) atoms. The number of nitrogens with zero attached hydrogens (tertiary/aromatic N) is 4. The van der Waals surface area contributed by atoms with Gasteiger partial charge < -0.3 is 9.73 Å². The van der Waals surface area contributed by atoms with Gasteiger partial charge in [-0.2, -0.15) is 0 Å². The summed E-state index contributed by atoms with van der Waals surface area (Å²) >= 11 is 0. The second kappa shape index (κ2) is 10.1. The van der Waals surface area contributed by atoms with E-state index >= 15 is 0 Å². The van der Waals surface area contributed by atoms with Gasteiger partial charge in [0.2, 0.25) is 5.89 Å². The fraction of sp³-hybridized carbons (Fsp3) is 0.348. The van der Waals surface area contributed by atoms with Crippen molar-refractivity contribution in [3.63, 3.8) is 0 Å². The molecule has 1 saturated heterocycles. The molecule has 4 rings (SSSR count). The van der Waals surface area contributed by atoms with Crippen molar-refractivity contribution in [2.24, 2.45) is 0 Å². The van der Waals surface area contributed by atoms with E-state index in [0.29, 0.717) is 24.7 Å². The van der Waals surface area contributed by atoms with Gasteiger partial charge in [-0.15, -0.1) is 0 Å². The first kappa shape index (κ1) is 20.3. The zero-order chi connectivity index (χ0) is 20.6. The molecule has 0 atom stereocenters. The maximum absolute atomic E-state index is 12.3. The number of pyridine rings is 1. The minimum absolute atomic E-state index is 0.202. The van der Waals surface area contributed by atoms with Crippen LogP contribution in [0.2, 0.25) is 0 Å². The van der Waals surface area contributed by atoms with Crippen molar-refractivity contribution in [3.8, 4) is 0 Å². The fourth-order valence-corrected chi connectivity index (χ4v) is 3.59. The Bertz CT molecular complexity index is 921. The van der Waals surface area contributed by atoms with Crippen LogP contribution in [-0.4, -0.2) is 58.4 Å². The molecule has 1 aliphatic rings. The van der Waals surface area contributed by atoms with Gasteiger partial charge in [0.1, 0.15) is 6.26 Å². The summed E-state index contributed by atoms with van der Waals surface area (Å²) < 4.78 is 5.54. The van der Waals surface area contributed by atoms with E-state index in [-0.39, 0.29) is 5.91 Å². The second-order valence-electron chi connectivity index (χ2n) is 7.53. The molecule has 0 aliphatic carbocycles. The minimum atomic E-state index is -0.202. The van der Waals surface area contributed by atoms with Crippen LogP contribution in [0.25, 0.3) is 0 Å². The topological polar surface area (TPSA) is 74.5 Å². The van der Waals surface area contributed by atoms with Crippen LogP contribution in [0.15, 0.2) is 65.5 Å². The molecule has 1 aromatic carbocycles. The minimum Gasteiger partial charge on any atom is -0.447 e. The number of rotatable bonds is 8. The molecule has 1 aliphatic heterocycles. The van der Waals surface area contributed by atoms with Crippen LogP contribution >= 0.6 is 0 Å². The van der Waals surface area contributed by atoms with Gasteiger partial charge in [-0.25, -0.2) is 4.98 Å². The highest BCUT2D eigenvalue weighted by molar-refractivity contribution is 5.91. The smallest absolute Gasteiger partial charge is 0.273 e. The van der Waals surface area contributed by atoms with E-state index in [2.05, 4.69) is 49.4 Å². The Morgan fingerprint density at radius 3 is 2.37 bits per heavy atom. The average Bonchev–Trinajstić information content (AvgIpc) is 3.25. The Hall–Kier alpha value is -3.03. The standard InChI is InChI=1S/C23H27N5O2/c29-23(25-11-8-19-6-9-24-10-7-19)21-18-30-22(26-21)17-28-14-12-27(13-15-28)16-20-4-2-1-3-5-20/h1-7,9-10,18H,8,11-17H2,(H,25,29). The number of hydrogen-bond acceptors (Lipinski definition) is 6. The molecular formula is C23H27N5O2. The van der Waals surface area contributed by atoms with Crippen molar-refractivity contribution in [3.05, 3.63) is 83.8 Å². The number of carbonyl (C=O) groups is 1. The highest BCUT2D eigenvalue weighted by Gasteiger charge is 2.20. The molecule has 156 valence electrons. The van der Waals surface area contributed by atoms with Crippen molar-refractivity contribution in [2.45, 2.75) is 19.5 Å². The predicted molar refractivity (Wildman–Crippen MR) is 114 cm³/mol. The Morgan fingerprint density at radius 1 is 0.933 bits per heavy atom. The third kappa shape index (κ3) is 5.75. The Labute approximate surface area is 176 Å². The molecule has 7 nitrogen and oxygen atoms in total. The van der Waals surface area contributed by atoms with Gasteiger partial charge in [-0.1, -0.05) is 30.3 Å². The number of piperazine rings is 1. The number of nitrogens with one attached hydrogen (secondary N) is 1. The first-order chi connectivity index (χ1) is 14.8. The molecule has 3 heterocycles. The summed E-state index contributed by atoms with van der Waals surface area (Å²) in [6.45, 7) is 6.11. The van der Waals surface area contributed by atoms with Gasteiger partial charge >= 0.3 is 0 Å². The van der Waals surface area contributed by atoms with E-state index in [1.54, 1.807) is 12.4 Å². The van der Waals surface area contributed by atoms with Crippen molar-refractivity contribution < 1.29 is 9.21 Å². The van der Waals surface area contributed by atoms with Crippen LogP contribution in [0.4, 0.5) is 0 Å². The lowest BCUT2D eigenvalue weighted by molar-refractivity contribution is 0.0949. The number of benzene rings is 1. The van der Waals surface area contributed by atoms with Crippen molar-refractivity contribution in [1.29, 1.82) is 0 Å². The molecule has 0 spiro atoms. The normalized spacial score (nSPS) is 15.2. The molecule has 7 heteroatoms. The van der Waals surface area contributed by atoms with E-state index in [0.717, 1.165) is 44.7 Å². The summed E-state index contributed by atoms with van der Waals surface area (Å²) in [6, 6.07) is 14.4. The highest BCUT2D eigenvalue weighted by atomic mass is 16.3. The zero-order valence-electron chi connectivity index (χ0n) is 17.0. The Kier molecular flexibility index (Phi) is 6.84. The third-order valence-corrected chi connectivity index (χ3v) is 5.31. The number of amides is 1. The summed E-state index contributed by atoms with van der Waals surface area (Å²) in [5.41, 5.74) is 2.82. The molecule has 1 amide bonds. The lowest BCUT2D eigenvalue weighted by Gasteiger charge is -2.34. The van der Waals surface area contributed by atoms with Gasteiger partial charge in [0.15, 0.2) is 5.69 Å². The van der Waals surface area contributed by atoms with Crippen LogP contribution in [-0.2, 0) is 19.5 Å². The van der Waals surface area contributed by atoms with Gasteiger partial charge in [0.05, 0.1) is 6.54 Å². The predicted octanol–water partition coefficient (Wildman–Crippen LogP) is 2.36. The maximum atomic E-state index is 12.3. The van der Waals surface area contributed by atoms with Crippen LogP contribution in [0.5, 0.6) is 0 Å². The third-order valence-electron chi connectivity index (χ3n) is 5.31. The van der Waals surface area contributed by atoms with E-state index in [1.807, 2.05) is 18.2 Å². The largest absolute Gasteiger partial charge is 0.447 e. The maximum Gasteiger partial charge on any atom is 0.273 e. The molecule has 0 saturated carbocycles. The Balaban J connectivity index is 1.19. The number of hydrogen-bond donors (Lipinski definition) is 1. The molecule has 0 unspecified atom stereocenters. The first-order valence-electron chi connectivity index (χ1n) is 10.4. The lowest BCUT2D eigenvalue weighted by Crippen LogP contribution is -2.45. The van der Waals surface area contributed by atoms with Crippen LogP contribution in [0.1, 0.15) is 27.5 Å². The fourth-order valence-electron chi connectivity index (χ4n) is 3.59. The van der Waals surface area contributed by atoms with Crippen molar-refractivity contribution >= 4 is 5.91 Å². The molecule has 2 aromatic heterocycles. The van der Waals surface area contributed by atoms with Gasteiger partial charge in [-0.3, -0.25) is 19.6 Å². The van der Waals surface area contributed by atoms with Crippen LogP contribution < -0.4 is 5.32 Å². The molecule has 1 N–H and O–H groups in total. The zero-order valence-corrected chi connectivity index (χ0v) is 17.0. The monoisotopic (exact) mass is 405 g/mol. The summed E-state index contributed by atoms with van der Waals surface area (Å²) in [5, 5.41) is 2.89. The van der Waals surface area contributed by atoms with Crippen molar-refractivity contribution in [2.75, 3.05) is 32.7 Å². The van der Waals surface area contributed by atoms with Gasteiger partial charge in [0, 0.05) is 51.7 Å². The molecule has 1 fully saturated rings. The van der Waals surface area contributed by atoms with Gasteiger partial charge in [-0.05, 0) is 29.7 Å². The average molecular weight is 406 g/mol. The van der Waals surface area contributed by atoms with Crippen LogP contribution in [0, 0.1) is 0 Å². The number of aromatic nitrogens is 2. The quantitative estimate of drug-likeness (QED) is 0.620. The molecule has 3 aromatic rings. The Morgan fingerprint density at radius 2 is 1.63 bits per heavy atom. The van der Waals surface area contributed by atoms with Gasteiger partial charge in [0.25, 0.3) is 5.91 Å². The summed E-state index contributed by atoms with van der Waals surface area (Å²) in [4.78, 5) is 25.4. The second-order valence-corrected chi connectivity index (χ2v) is 7.53. The van der Waals surface area contributed by atoms with Crippen molar-refractivity contribution in [1.82, 2.24) is 25.1 Å². The van der Waals surface area contributed by atoms with E-state index < -0.39 is 0 Å². The summed E-state index contributed by atoms with van der Waals surface area (Å²) in [5.74, 6) is 0.387. The van der Waals surface area contributed by atoms with E-state index in [9.17, 15) is 4.79 Å². The molecular weight excluding hydrogens is 378 g/mol. The summed E-state index contributed by atoms with van der Waals surface area (Å²) in [6.07, 6.45) is 5.71. The van der Waals surface area contributed by atoms with E-state index in [1.165, 1.54) is 11.8 Å².